The molecule has 1 amide bonds. The molecule has 1 aromatic carbocycles. The first-order chi connectivity index (χ1) is 10.2. The number of H-pyrrole nitrogens is 1. The van der Waals surface area contributed by atoms with E-state index in [0.29, 0.717) is 24.9 Å². The first kappa shape index (κ1) is 14.1. The molecule has 2 heterocycles. The highest BCUT2D eigenvalue weighted by Crippen LogP contribution is 2.24. The lowest BCUT2D eigenvalue weighted by atomic mass is 10.1. The van der Waals surface area contributed by atoms with Crippen molar-refractivity contribution in [1.29, 1.82) is 0 Å². The highest BCUT2D eigenvalue weighted by Gasteiger charge is 2.31. The van der Waals surface area contributed by atoms with Gasteiger partial charge in [0.05, 0.1) is 0 Å². The number of carbonyl (C=O) groups is 1. The molecule has 1 fully saturated rings. The summed E-state index contributed by atoms with van der Waals surface area (Å²) < 4.78 is 0. The van der Waals surface area contributed by atoms with Crippen molar-refractivity contribution in [3.8, 4) is 0 Å². The number of aryl methyl sites for hydroxylation is 1. The van der Waals surface area contributed by atoms with Crippen LogP contribution in [0.5, 0.6) is 0 Å². The molecule has 0 saturated carbocycles. The molecule has 112 valence electrons. The summed E-state index contributed by atoms with van der Waals surface area (Å²) in [6.45, 7) is 3.63. The van der Waals surface area contributed by atoms with E-state index in [4.69, 9.17) is 5.73 Å². The lowest BCUT2D eigenvalue weighted by Crippen LogP contribution is -2.34. The zero-order valence-corrected chi connectivity index (χ0v) is 12.5. The van der Waals surface area contributed by atoms with Gasteiger partial charge in [0.1, 0.15) is 0 Å². The van der Waals surface area contributed by atoms with Gasteiger partial charge in [-0.05, 0) is 43.9 Å². The summed E-state index contributed by atoms with van der Waals surface area (Å²) in [6, 6.07) is 8.56. The topological polar surface area (TPSA) is 62.1 Å². The molecule has 2 atom stereocenters. The van der Waals surface area contributed by atoms with Gasteiger partial charge in [-0.3, -0.25) is 4.79 Å². The molecule has 4 nitrogen and oxygen atoms in total. The van der Waals surface area contributed by atoms with Crippen LogP contribution >= 0.6 is 0 Å². The van der Waals surface area contributed by atoms with Crippen molar-refractivity contribution in [3.63, 3.8) is 0 Å². The van der Waals surface area contributed by atoms with Gasteiger partial charge < -0.3 is 15.6 Å². The first-order valence-electron chi connectivity index (χ1n) is 7.73. The molecule has 4 heteroatoms. The minimum atomic E-state index is 0.253. The fourth-order valence-corrected chi connectivity index (χ4v) is 3.38. The van der Waals surface area contributed by atoms with E-state index in [9.17, 15) is 4.79 Å². The molecule has 3 N–H and O–H groups in total. The van der Waals surface area contributed by atoms with Gasteiger partial charge in [-0.2, -0.15) is 0 Å². The van der Waals surface area contributed by atoms with Crippen molar-refractivity contribution in [1.82, 2.24) is 9.88 Å². The standard InChI is InChI=1S/C17H23N3O/c1-12-8-13(9-18)11-20(12)17(21)7-6-14-10-19-16-5-3-2-4-15(14)16/h2-5,10,12-13,19H,6-9,11,18H2,1H3. The van der Waals surface area contributed by atoms with E-state index in [1.165, 1.54) is 10.9 Å². The van der Waals surface area contributed by atoms with E-state index < -0.39 is 0 Å². The number of nitrogens with two attached hydrogens (primary N) is 1. The van der Waals surface area contributed by atoms with Gasteiger partial charge in [0.25, 0.3) is 0 Å². The minimum Gasteiger partial charge on any atom is -0.361 e. The summed E-state index contributed by atoms with van der Waals surface area (Å²) in [6.07, 6.45) is 4.42. The zero-order chi connectivity index (χ0) is 14.8. The molecule has 2 unspecified atom stereocenters. The molecule has 0 bridgehead atoms. The number of benzene rings is 1. The van der Waals surface area contributed by atoms with Gasteiger partial charge >= 0.3 is 0 Å². The molecule has 21 heavy (non-hydrogen) atoms. The molecule has 0 radical (unpaired) electrons. The molecular weight excluding hydrogens is 262 g/mol. The van der Waals surface area contributed by atoms with E-state index in [2.05, 4.69) is 24.0 Å². The third kappa shape index (κ3) is 2.81. The van der Waals surface area contributed by atoms with Crippen LogP contribution in [0.25, 0.3) is 10.9 Å². The smallest absolute Gasteiger partial charge is 0.223 e. The number of nitrogens with zero attached hydrogens (tertiary/aromatic N) is 1. The third-order valence-corrected chi connectivity index (χ3v) is 4.60. The van der Waals surface area contributed by atoms with Crippen LogP contribution in [0.4, 0.5) is 0 Å². The van der Waals surface area contributed by atoms with Crippen LogP contribution in [-0.2, 0) is 11.2 Å². The molecule has 1 saturated heterocycles. The average Bonchev–Trinajstić information content (AvgIpc) is 3.08. The second kappa shape index (κ2) is 5.90. The summed E-state index contributed by atoms with van der Waals surface area (Å²) in [4.78, 5) is 17.7. The molecule has 1 aromatic heterocycles. The normalized spacial score (nSPS) is 22.1. The maximum atomic E-state index is 12.4. The summed E-state index contributed by atoms with van der Waals surface area (Å²) in [7, 11) is 0. The minimum absolute atomic E-state index is 0.253. The van der Waals surface area contributed by atoms with E-state index in [1.807, 2.05) is 23.2 Å². The van der Waals surface area contributed by atoms with Crippen molar-refractivity contribution in [3.05, 3.63) is 36.0 Å². The van der Waals surface area contributed by atoms with Gasteiger partial charge in [0.2, 0.25) is 5.91 Å². The van der Waals surface area contributed by atoms with E-state index in [1.54, 1.807) is 0 Å². The number of aromatic nitrogens is 1. The van der Waals surface area contributed by atoms with Crippen LogP contribution in [-0.4, -0.2) is 34.9 Å². The number of hydrogen-bond donors (Lipinski definition) is 2. The monoisotopic (exact) mass is 285 g/mol. The number of hydrogen-bond acceptors (Lipinski definition) is 2. The molecule has 0 spiro atoms. The van der Waals surface area contributed by atoms with Crippen molar-refractivity contribution < 1.29 is 4.79 Å². The van der Waals surface area contributed by atoms with Crippen LogP contribution in [0.3, 0.4) is 0 Å². The Balaban J connectivity index is 1.64. The van der Waals surface area contributed by atoms with Gasteiger partial charge in [-0.25, -0.2) is 0 Å². The second-order valence-electron chi connectivity index (χ2n) is 6.09. The van der Waals surface area contributed by atoms with Crippen LogP contribution in [0.1, 0.15) is 25.3 Å². The Bertz CT molecular complexity index is 634. The quantitative estimate of drug-likeness (QED) is 0.905. The van der Waals surface area contributed by atoms with Crippen LogP contribution in [0.15, 0.2) is 30.5 Å². The van der Waals surface area contributed by atoms with Crippen molar-refractivity contribution in [2.24, 2.45) is 11.7 Å². The average molecular weight is 285 g/mol. The molecule has 3 rings (SSSR count). The van der Waals surface area contributed by atoms with Crippen LogP contribution < -0.4 is 5.73 Å². The largest absolute Gasteiger partial charge is 0.361 e. The summed E-state index contributed by atoms with van der Waals surface area (Å²) in [5.41, 5.74) is 8.09. The highest BCUT2D eigenvalue weighted by molar-refractivity contribution is 5.84. The lowest BCUT2D eigenvalue weighted by molar-refractivity contribution is -0.131. The highest BCUT2D eigenvalue weighted by atomic mass is 16.2. The number of para-hydroxylation sites is 1. The number of fused-ring (bicyclic) bond motifs is 1. The summed E-state index contributed by atoms with van der Waals surface area (Å²) in [5.74, 6) is 0.723. The zero-order valence-electron chi connectivity index (χ0n) is 12.5. The second-order valence-corrected chi connectivity index (χ2v) is 6.09. The van der Waals surface area contributed by atoms with Crippen LogP contribution in [0, 0.1) is 5.92 Å². The Kier molecular flexibility index (Phi) is 3.97. The molecule has 1 aliphatic heterocycles. The van der Waals surface area contributed by atoms with E-state index >= 15 is 0 Å². The number of likely N-dealkylation sites (tertiary alicyclic amines) is 1. The fourth-order valence-electron chi connectivity index (χ4n) is 3.38. The third-order valence-electron chi connectivity index (χ3n) is 4.60. The van der Waals surface area contributed by atoms with E-state index in [0.717, 1.165) is 24.9 Å². The Labute approximate surface area is 125 Å². The number of amides is 1. The molecular formula is C17H23N3O. The summed E-state index contributed by atoms with van der Waals surface area (Å²) >= 11 is 0. The maximum absolute atomic E-state index is 12.4. The van der Waals surface area contributed by atoms with Gasteiger partial charge in [0, 0.05) is 36.1 Å². The number of carbonyl (C=O) groups excluding carboxylic acids is 1. The van der Waals surface area contributed by atoms with Crippen molar-refractivity contribution in [2.75, 3.05) is 13.1 Å². The van der Waals surface area contributed by atoms with Crippen LogP contribution in [0.2, 0.25) is 0 Å². The summed E-state index contributed by atoms with van der Waals surface area (Å²) in [5, 5.41) is 1.22. The SMILES string of the molecule is CC1CC(CN)CN1C(=O)CCc1c[nH]c2ccccc12. The van der Waals surface area contributed by atoms with Gasteiger partial charge in [0.15, 0.2) is 0 Å². The number of nitrogens with one attached hydrogen (secondary N) is 1. The van der Waals surface area contributed by atoms with Gasteiger partial charge in [-0.1, -0.05) is 18.2 Å². The maximum Gasteiger partial charge on any atom is 0.223 e. The molecule has 1 aliphatic rings. The molecule has 2 aromatic rings. The van der Waals surface area contributed by atoms with E-state index in [-0.39, 0.29) is 5.91 Å². The first-order valence-corrected chi connectivity index (χ1v) is 7.73. The fraction of sp³-hybridized carbons (Fsp3) is 0.471. The predicted molar refractivity (Wildman–Crippen MR) is 85.0 cm³/mol. The molecule has 0 aliphatic carbocycles. The Morgan fingerprint density at radius 2 is 2.24 bits per heavy atom. The van der Waals surface area contributed by atoms with Crippen molar-refractivity contribution >= 4 is 16.8 Å². The Hall–Kier alpha value is -1.81. The predicted octanol–water partition coefficient (Wildman–Crippen LogP) is 2.30. The Morgan fingerprint density at radius 3 is 3.00 bits per heavy atom. The number of rotatable bonds is 4. The Morgan fingerprint density at radius 1 is 1.43 bits per heavy atom. The van der Waals surface area contributed by atoms with Gasteiger partial charge in [-0.15, -0.1) is 0 Å². The number of aromatic amines is 1. The lowest BCUT2D eigenvalue weighted by Gasteiger charge is -2.21. The van der Waals surface area contributed by atoms with Crippen molar-refractivity contribution in [2.45, 2.75) is 32.2 Å².